The maximum atomic E-state index is 12.9. The molecule has 0 bridgehead atoms. The summed E-state index contributed by atoms with van der Waals surface area (Å²) in [6.07, 6.45) is 0. The molecule has 5 nitrogen and oxygen atoms in total. The molecule has 0 aliphatic heterocycles. The number of hydrogen-bond donors (Lipinski definition) is 2. The molecular formula is C18H18BrFN2O3. The molecule has 0 atom stereocenters. The summed E-state index contributed by atoms with van der Waals surface area (Å²) in [6, 6.07) is 10.4. The molecule has 0 saturated carbocycles. The Morgan fingerprint density at radius 3 is 2.52 bits per heavy atom. The van der Waals surface area contributed by atoms with Crippen molar-refractivity contribution >= 4 is 27.7 Å². The van der Waals surface area contributed by atoms with Crippen molar-refractivity contribution in [2.45, 2.75) is 13.5 Å². The lowest BCUT2D eigenvalue weighted by molar-refractivity contribution is -0.121. The molecule has 2 rings (SSSR count). The van der Waals surface area contributed by atoms with Gasteiger partial charge < -0.3 is 15.3 Å². The smallest absolute Gasteiger partial charge is 0.258 e. The van der Waals surface area contributed by atoms with Crippen LogP contribution in [0.2, 0.25) is 0 Å². The van der Waals surface area contributed by atoms with Crippen LogP contribution in [-0.4, -0.2) is 34.9 Å². The first-order valence-corrected chi connectivity index (χ1v) is 8.49. The first-order chi connectivity index (χ1) is 11.9. The number of likely N-dealkylation sites (N-methyl/N-ethyl adjacent to an activating group) is 1. The summed E-state index contributed by atoms with van der Waals surface area (Å²) < 4.78 is 13.5. The quantitative estimate of drug-likeness (QED) is 0.771. The summed E-state index contributed by atoms with van der Waals surface area (Å²) in [5, 5.41) is 12.5. The number of rotatable bonds is 6. The number of nitrogens with zero attached hydrogens (tertiary/aromatic N) is 1. The summed E-state index contributed by atoms with van der Waals surface area (Å²) in [4.78, 5) is 25.9. The predicted molar refractivity (Wildman–Crippen MR) is 95.6 cm³/mol. The second kappa shape index (κ2) is 8.62. The number of aromatic hydroxyl groups is 1. The first kappa shape index (κ1) is 18.9. The molecule has 0 aromatic heterocycles. The van der Waals surface area contributed by atoms with Crippen LogP contribution in [0.25, 0.3) is 0 Å². The van der Waals surface area contributed by atoms with Gasteiger partial charge in [0.15, 0.2) is 0 Å². The molecular weight excluding hydrogens is 391 g/mol. The van der Waals surface area contributed by atoms with Crippen LogP contribution in [0.5, 0.6) is 5.75 Å². The van der Waals surface area contributed by atoms with Crippen LogP contribution in [0, 0.1) is 5.82 Å². The molecule has 2 N–H and O–H groups in total. The van der Waals surface area contributed by atoms with Gasteiger partial charge in [-0.05, 0) is 42.8 Å². The molecule has 132 valence electrons. The van der Waals surface area contributed by atoms with Gasteiger partial charge in [-0.25, -0.2) is 4.39 Å². The molecule has 25 heavy (non-hydrogen) atoms. The summed E-state index contributed by atoms with van der Waals surface area (Å²) in [5.41, 5.74) is 0.885. The molecule has 2 aromatic carbocycles. The van der Waals surface area contributed by atoms with Crippen LogP contribution >= 0.6 is 15.9 Å². The Balaban J connectivity index is 1.98. The van der Waals surface area contributed by atoms with Crippen molar-refractivity contribution in [2.75, 3.05) is 13.1 Å². The van der Waals surface area contributed by atoms with Crippen molar-refractivity contribution in [3.63, 3.8) is 0 Å². The van der Waals surface area contributed by atoms with E-state index < -0.39 is 5.91 Å². The van der Waals surface area contributed by atoms with E-state index in [9.17, 15) is 19.1 Å². The average molecular weight is 409 g/mol. The maximum Gasteiger partial charge on any atom is 0.258 e. The van der Waals surface area contributed by atoms with Gasteiger partial charge in [-0.3, -0.25) is 9.59 Å². The normalized spacial score (nSPS) is 10.4. The van der Waals surface area contributed by atoms with E-state index in [4.69, 9.17) is 0 Å². The second-order valence-electron chi connectivity index (χ2n) is 5.38. The van der Waals surface area contributed by atoms with Gasteiger partial charge in [0, 0.05) is 17.6 Å². The highest BCUT2D eigenvalue weighted by Gasteiger charge is 2.20. The molecule has 2 amide bonds. The Bertz CT molecular complexity index is 765. The lowest BCUT2D eigenvalue weighted by Crippen LogP contribution is -2.40. The highest BCUT2D eigenvalue weighted by Crippen LogP contribution is 2.23. The van der Waals surface area contributed by atoms with E-state index in [1.807, 2.05) is 0 Å². The molecule has 0 heterocycles. The van der Waals surface area contributed by atoms with Crippen molar-refractivity contribution in [3.8, 4) is 5.75 Å². The number of phenols is 1. The van der Waals surface area contributed by atoms with Crippen LogP contribution in [0.4, 0.5) is 4.39 Å². The number of phenolic OH excluding ortho intramolecular Hbond substituents is 1. The SMILES string of the molecule is CCN(CC(=O)NCc1ccc(F)cc1)C(=O)c1cc(Br)ccc1O. The average Bonchev–Trinajstić information content (AvgIpc) is 2.60. The number of hydrogen-bond acceptors (Lipinski definition) is 3. The lowest BCUT2D eigenvalue weighted by Gasteiger charge is -2.21. The van der Waals surface area contributed by atoms with E-state index in [1.165, 1.54) is 29.2 Å². The standard InChI is InChI=1S/C18H18BrFN2O3/c1-2-22(18(25)15-9-13(19)5-8-16(15)23)11-17(24)21-10-12-3-6-14(20)7-4-12/h3-9,23H,2,10-11H2,1H3,(H,21,24). The summed E-state index contributed by atoms with van der Waals surface area (Å²) in [6.45, 7) is 2.17. The molecule has 0 unspecified atom stereocenters. The van der Waals surface area contributed by atoms with Gasteiger partial charge in [0.05, 0.1) is 12.1 Å². The van der Waals surface area contributed by atoms with Crippen molar-refractivity contribution in [1.29, 1.82) is 0 Å². The number of halogens is 2. The Kier molecular flexibility index (Phi) is 6.52. The van der Waals surface area contributed by atoms with Gasteiger partial charge in [-0.1, -0.05) is 28.1 Å². The zero-order chi connectivity index (χ0) is 18.4. The maximum absolute atomic E-state index is 12.9. The fourth-order valence-electron chi connectivity index (χ4n) is 2.21. The minimum Gasteiger partial charge on any atom is -0.507 e. The fraction of sp³-hybridized carbons (Fsp3) is 0.222. The molecule has 7 heteroatoms. The van der Waals surface area contributed by atoms with Gasteiger partial charge in [0.1, 0.15) is 11.6 Å². The number of carbonyl (C=O) groups is 2. The molecule has 0 fully saturated rings. The summed E-state index contributed by atoms with van der Waals surface area (Å²) >= 11 is 3.25. The van der Waals surface area contributed by atoms with Crippen molar-refractivity contribution in [2.24, 2.45) is 0 Å². The first-order valence-electron chi connectivity index (χ1n) is 7.69. The van der Waals surface area contributed by atoms with Gasteiger partial charge in [0.2, 0.25) is 5.91 Å². The predicted octanol–water partition coefficient (Wildman–Crippen LogP) is 3.07. The zero-order valence-corrected chi connectivity index (χ0v) is 15.2. The van der Waals surface area contributed by atoms with E-state index in [0.29, 0.717) is 11.0 Å². The molecule has 0 saturated heterocycles. The highest BCUT2D eigenvalue weighted by molar-refractivity contribution is 9.10. The van der Waals surface area contributed by atoms with Crippen LogP contribution in [0.3, 0.4) is 0 Å². The Hall–Kier alpha value is -2.41. The van der Waals surface area contributed by atoms with Gasteiger partial charge in [0.25, 0.3) is 5.91 Å². The highest BCUT2D eigenvalue weighted by atomic mass is 79.9. The van der Waals surface area contributed by atoms with E-state index in [0.717, 1.165) is 5.56 Å². The third-order valence-corrected chi connectivity index (χ3v) is 4.09. The van der Waals surface area contributed by atoms with E-state index in [2.05, 4.69) is 21.2 Å². The lowest BCUT2D eigenvalue weighted by atomic mass is 10.1. The van der Waals surface area contributed by atoms with Gasteiger partial charge in [-0.2, -0.15) is 0 Å². The number of carbonyl (C=O) groups excluding carboxylic acids is 2. The largest absolute Gasteiger partial charge is 0.507 e. The Labute approximate surface area is 153 Å². The van der Waals surface area contributed by atoms with Crippen molar-refractivity contribution in [1.82, 2.24) is 10.2 Å². The monoisotopic (exact) mass is 408 g/mol. The molecule has 0 aliphatic carbocycles. The van der Waals surface area contributed by atoms with E-state index in [1.54, 1.807) is 25.1 Å². The number of nitrogens with one attached hydrogen (secondary N) is 1. The van der Waals surface area contributed by atoms with Gasteiger partial charge in [-0.15, -0.1) is 0 Å². The summed E-state index contributed by atoms with van der Waals surface area (Å²) in [5.74, 6) is -1.25. The number of amides is 2. The fourth-order valence-corrected chi connectivity index (χ4v) is 2.57. The van der Waals surface area contributed by atoms with Crippen LogP contribution in [0.1, 0.15) is 22.8 Å². The molecule has 0 spiro atoms. The van der Waals surface area contributed by atoms with Crippen LogP contribution in [-0.2, 0) is 11.3 Å². The second-order valence-corrected chi connectivity index (χ2v) is 6.30. The minimum atomic E-state index is -0.432. The molecule has 0 aliphatic rings. The molecule has 2 aromatic rings. The Morgan fingerprint density at radius 1 is 1.20 bits per heavy atom. The summed E-state index contributed by atoms with van der Waals surface area (Å²) in [7, 11) is 0. The van der Waals surface area contributed by atoms with Crippen LogP contribution in [0.15, 0.2) is 46.9 Å². The minimum absolute atomic E-state index is 0.127. The topological polar surface area (TPSA) is 69.6 Å². The Morgan fingerprint density at radius 2 is 1.88 bits per heavy atom. The van der Waals surface area contributed by atoms with Crippen LogP contribution < -0.4 is 5.32 Å². The third kappa shape index (κ3) is 5.29. The molecule has 0 radical (unpaired) electrons. The van der Waals surface area contributed by atoms with E-state index >= 15 is 0 Å². The van der Waals surface area contributed by atoms with Crippen molar-refractivity contribution < 1.29 is 19.1 Å². The number of benzene rings is 2. The third-order valence-electron chi connectivity index (χ3n) is 3.60. The van der Waals surface area contributed by atoms with Gasteiger partial charge >= 0.3 is 0 Å². The van der Waals surface area contributed by atoms with Crippen molar-refractivity contribution in [3.05, 3.63) is 63.9 Å². The van der Waals surface area contributed by atoms with E-state index in [-0.39, 0.29) is 36.1 Å². The zero-order valence-electron chi connectivity index (χ0n) is 13.6.